The van der Waals surface area contributed by atoms with Crippen molar-refractivity contribution < 1.29 is 9.90 Å². The predicted molar refractivity (Wildman–Crippen MR) is 77.7 cm³/mol. The third kappa shape index (κ3) is 1.77. The van der Waals surface area contributed by atoms with Crippen molar-refractivity contribution in [3.05, 3.63) is 52.9 Å². The van der Waals surface area contributed by atoms with Gasteiger partial charge in [-0.3, -0.25) is 4.57 Å². The molecular formula is C15H10N6O2. The van der Waals surface area contributed by atoms with E-state index in [9.17, 15) is 15.2 Å². The van der Waals surface area contributed by atoms with Gasteiger partial charge in [-0.25, -0.2) is 14.5 Å². The van der Waals surface area contributed by atoms with Crippen molar-refractivity contribution in [2.45, 2.75) is 13.3 Å². The highest BCUT2D eigenvalue weighted by atomic mass is 16.4. The molecule has 8 heteroatoms. The quantitative estimate of drug-likeness (QED) is 0.566. The van der Waals surface area contributed by atoms with Crippen LogP contribution < -0.4 is 0 Å². The van der Waals surface area contributed by atoms with E-state index in [1.165, 1.54) is 4.68 Å². The zero-order chi connectivity index (χ0) is 16.1. The Balaban J connectivity index is 2.12. The van der Waals surface area contributed by atoms with Crippen LogP contribution in [0.3, 0.4) is 0 Å². The summed E-state index contributed by atoms with van der Waals surface area (Å²) in [6.45, 7) is 1.94. The molecule has 23 heavy (non-hydrogen) atoms. The Labute approximate surface area is 130 Å². The van der Waals surface area contributed by atoms with E-state index in [0.717, 1.165) is 11.3 Å². The summed E-state index contributed by atoms with van der Waals surface area (Å²) in [6, 6.07) is 7.79. The Hall–Kier alpha value is -3.47. The molecule has 8 nitrogen and oxygen atoms in total. The Morgan fingerprint density at radius 1 is 1.35 bits per heavy atom. The molecule has 1 aromatic carbocycles. The first-order valence-corrected chi connectivity index (χ1v) is 6.85. The zero-order valence-electron chi connectivity index (χ0n) is 12.1. The van der Waals surface area contributed by atoms with Crippen molar-refractivity contribution in [1.29, 1.82) is 5.26 Å². The molecule has 4 rings (SSSR count). The molecule has 0 unspecified atom stereocenters. The Morgan fingerprint density at radius 3 is 2.91 bits per heavy atom. The largest absolute Gasteiger partial charge is 0.476 e. The summed E-state index contributed by atoms with van der Waals surface area (Å²) in [6.07, 6.45) is 1.79. The highest BCUT2D eigenvalue weighted by Gasteiger charge is 2.28. The highest BCUT2D eigenvalue weighted by Crippen LogP contribution is 2.30. The number of imidazole rings is 1. The maximum absolute atomic E-state index is 11.4. The molecule has 1 N–H and O–H groups in total. The summed E-state index contributed by atoms with van der Waals surface area (Å²) in [5.74, 6) is -1.15. The molecule has 0 fully saturated rings. The van der Waals surface area contributed by atoms with Gasteiger partial charge in [-0.1, -0.05) is 11.3 Å². The van der Waals surface area contributed by atoms with Gasteiger partial charge in [0, 0.05) is 6.42 Å². The number of benzene rings is 1. The zero-order valence-corrected chi connectivity index (χ0v) is 12.1. The van der Waals surface area contributed by atoms with Crippen molar-refractivity contribution in [3.63, 3.8) is 0 Å². The van der Waals surface area contributed by atoms with Crippen molar-refractivity contribution >= 4 is 5.97 Å². The summed E-state index contributed by atoms with van der Waals surface area (Å²) < 4.78 is 3.33. The van der Waals surface area contributed by atoms with Gasteiger partial charge in [-0.15, -0.1) is 5.10 Å². The molecule has 0 radical (unpaired) electrons. The second-order valence-electron chi connectivity index (χ2n) is 5.29. The van der Waals surface area contributed by atoms with E-state index >= 15 is 0 Å². The van der Waals surface area contributed by atoms with Gasteiger partial charge in [-0.2, -0.15) is 5.26 Å². The predicted octanol–water partition coefficient (Wildman–Crippen LogP) is 1.24. The van der Waals surface area contributed by atoms with E-state index in [1.54, 1.807) is 10.9 Å². The standard InChI is InChI=1S/C15H10N6O2/c1-8-2-3-10-12(4-8)21-13(14(15(22)23)18-19-21)5-11-9(6-16)17-7-20(10)11/h2-4,7H,5H2,1H3,(H,22,23). The number of fused-ring (bicyclic) bond motifs is 5. The van der Waals surface area contributed by atoms with E-state index in [0.29, 0.717) is 17.1 Å². The molecule has 112 valence electrons. The SMILES string of the molecule is Cc1ccc2c(c1)-n1nnc(C(=O)O)c1Cc1c(C#N)ncn1-2. The number of nitriles is 1. The minimum atomic E-state index is -1.15. The molecule has 0 saturated heterocycles. The fourth-order valence-corrected chi connectivity index (χ4v) is 2.83. The van der Waals surface area contributed by atoms with E-state index in [1.807, 2.05) is 31.2 Å². The lowest BCUT2D eigenvalue weighted by atomic mass is 10.1. The van der Waals surface area contributed by atoms with Crippen LogP contribution in [-0.4, -0.2) is 35.6 Å². The van der Waals surface area contributed by atoms with Crippen LogP contribution in [0.4, 0.5) is 0 Å². The molecule has 0 aliphatic carbocycles. The normalized spacial score (nSPS) is 11.8. The van der Waals surface area contributed by atoms with Crippen LogP contribution >= 0.6 is 0 Å². The smallest absolute Gasteiger partial charge is 0.358 e. The second-order valence-corrected chi connectivity index (χ2v) is 5.29. The molecule has 0 atom stereocenters. The molecule has 2 aromatic heterocycles. The number of carboxylic acids is 1. The lowest BCUT2D eigenvalue weighted by molar-refractivity contribution is 0.0689. The van der Waals surface area contributed by atoms with E-state index < -0.39 is 5.97 Å². The minimum Gasteiger partial charge on any atom is -0.476 e. The Morgan fingerprint density at radius 2 is 2.17 bits per heavy atom. The summed E-state index contributed by atoms with van der Waals surface area (Å²) in [4.78, 5) is 15.5. The number of aromatic nitrogens is 5. The van der Waals surface area contributed by atoms with Gasteiger partial charge in [0.05, 0.1) is 22.8 Å². The molecule has 0 saturated carbocycles. The highest BCUT2D eigenvalue weighted by molar-refractivity contribution is 5.87. The number of aromatic carboxylic acids is 1. The molecule has 0 spiro atoms. The van der Waals surface area contributed by atoms with Crippen LogP contribution in [0.25, 0.3) is 11.4 Å². The number of nitrogens with zero attached hydrogens (tertiary/aromatic N) is 6. The third-order valence-electron chi connectivity index (χ3n) is 3.89. The maximum atomic E-state index is 11.4. The average Bonchev–Trinajstić information content (AvgIpc) is 3.09. The van der Waals surface area contributed by atoms with Gasteiger partial charge in [0.15, 0.2) is 11.4 Å². The lowest BCUT2D eigenvalue weighted by Crippen LogP contribution is -2.07. The van der Waals surface area contributed by atoms with Gasteiger partial charge in [0.1, 0.15) is 12.4 Å². The van der Waals surface area contributed by atoms with Gasteiger partial charge in [0.2, 0.25) is 0 Å². The second kappa shape index (κ2) is 4.51. The van der Waals surface area contributed by atoms with Crippen LogP contribution in [0.5, 0.6) is 0 Å². The van der Waals surface area contributed by atoms with Crippen LogP contribution in [0.2, 0.25) is 0 Å². The summed E-state index contributed by atoms with van der Waals surface area (Å²) in [5.41, 5.74) is 3.70. The molecule has 3 heterocycles. The number of hydrogen-bond acceptors (Lipinski definition) is 5. The van der Waals surface area contributed by atoms with Gasteiger partial charge in [0.25, 0.3) is 0 Å². The number of rotatable bonds is 1. The summed E-state index contributed by atoms with van der Waals surface area (Å²) in [7, 11) is 0. The number of hydrogen-bond donors (Lipinski definition) is 1. The van der Waals surface area contributed by atoms with Gasteiger partial charge < -0.3 is 5.11 Å². The van der Waals surface area contributed by atoms with Crippen molar-refractivity contribution in [2.75, 3.05) is 0 Å². The first kappa shape index (κ1) is 13.2. The fraction of sp³-hybridized carbons (Fsp3) is 0.133. The number of carbonyl (C=O) groups is 1. The van der Waals surface area contributed by atoms with Crippen molar-refractivity contribution in [2.24, 2.45) is 0 Å². The first-order chi connectivity index (χ1) is 11.1. The van der Waals surface area contributed by atoms with Crippen LogP contribution in [0.1, 0.15) is 33.1 Å². The van der Waals surface area contributed by atoms with Gasteiger partial charge in [-0.05, 0) is 24.6 Å². The topological polar surface area (TPSA) is 110 Å². The van der Waals surface area contributed by atoms with Crippen LogP contribution in [-0.2, 0) is 6.42 Å². The van der Waals surface area contributed by atoms with E-state index in [2.05, 4.69) is 15.3 Å². The van der Waals surface area contributed by atoms with Gasteiger partial charge >= 0.3 is 5.97 Å². The molecule has 1 aliphatic heterocycles. The molecular weight excluding hydrogens is 296 g/mol. The Bertz CT molecular complexity index is 1010. The molecule has 0 amide bonds. The fourth-order valence-electron chi connectivity index (χ4n) is 2.83. The van der Waals surface area contributed by atoms with Crippen LogP contribution in [0, 0.1) is 18.3 Å². The van der Waals surface area contributed by atoms with E-state index in [-0.39, 0.29) is 17.8 Å². The van der Waals surface area contributed by atoms with E-state index in [4.69, 9.17) is 0 Å². The number of aryl methyl sites for hydroxylation is 1. The number of carboxylic acid groups (broad SMARTS) is 1. The molecule has 0 bridgehead atoms. The Kier molecular flexibility index (Phi) is 2.59. The summed E-state index contributed by atoms with van der Waals surface area (Å²) >= 11 is 0. The lowest BCUT2D eigenvalue weighted by Gasteiger charge is -2.10. The minimum absolute atomic E-state index is 0.115. The maximum Gasteiger partial charge on any atom is 0.358 e. The van der Waals surface area contributed by atoms with Crippen molar-refractivity contribution in [3.8, 4) is 17.4 Å². The molecule has 3 aromatic rings. The molecule has 1 aliphatic rings. The van der Waals surface area contributed by atoms with Crippen molar-refractivity contribution in [1.82, 2.24) is 24.5 Å². The first-order valence-electron chi connectivity index (χ1n) is 6.85. The summed E-state index contributed by atoms with van der Waals surface area (Å²) in [5, 5.41) is 26.4. The third-order valence-corrected chi connectivity index (χ3v) is 3.89. The average molecular weight is 306 g/mol. The van der Waals surface area contributed by atoms with Crippen LogP contribution in [0.15, 0.2) is 24.5 Å². The monoisotopic (exact) mass is 306 g/mol.